The van der Waals surface area contributed by atoms with Gasteiger partial charge in [0, 0.05) is 6.42 Å². The standard InChI is InChI=1S/C18H30O2/c1-2-3-4-7-11-16-13-10-14-17(16)12-8-5-6-9-15-18(19)20/h8,10,12,14,16-17H,2-7,9,11,13,15H2,1H3,(H,19,20). The second-order valence-electron chi connectivity index (χ2n) is 5.92. The van der Waals surface area contributed by atoms with Crippen molar-refractivity contribution >= 4 is 5.97 Å². The number of carboxylic acids is 1. The van der Waals surface area contributed by atoms with Crippen LogP contribution >= 0.6 is 0 Å². The Morgan fingerprint density at radius 1 is 1.25 bits per heavy atom. The topological polar surface area (TPSA) is 37.3 Å². The summed E-state index contributed by atoms with van der Waals surface area (Å²) in [5, 5.41) is 8.57. The van der Waals surface area contributed by atoms with Crippen LogP contribution in [0.1, 0.15) is 71.1 Å². The largest absolute Gasteiger partial charge is 0.481 e. The molecule has 1 rings (SSSR count). The first-order valence-corrected chi connectivity index (χ1v) is 8.29. The van der Waals surface area contributed by atoms with Gasteiger partial charge in [-0.3, -0.25) is 4.79 Å². The van der Waals surface area contributed by atoms with Gasteiger partial charge < -0.3 is 5.11 Å². The number of unbranched alkanes of at least 4 members (excludes halogenated alkanes) is 5. The Hall–Kier alpha value is -1.05. The summed E-state index contributed by atoms with van der Waals surface area (Å²) in [5.74, 6) is 0.748. The van der Waals surface area contributed by atoms with E-state index >= 15 is 0 Å². The second-order valence-corrected chi connectivity index (χ2v) is 5.92. The third-order valence-electron chi connectivity index (χ3n) is 4.14. The lowest BCUT2D eigenvalue weighted by Gasteiger charge is -2.15. The van der Waals surface area contributed by atoms with Gasteiger partial charge in [-0.15, -0.1) is 0 Å². The van der Waals surface area contributed by atoms with Crippen LogP contribution in [0.5, 0.6) is 0 Å². The molecule has 0 aromatic rings. The molecule has 0 aliphatic heterocycles. The van der Waals surface area contributed by atoms with E-state index in [9.17, 15) is 4.79 Å². The van der Waals surface area contributed by atoms with Crippen LogP contribution < -0.4 is 0 Å². The minimum Gasteiger partial charge on any atom is -0.481 e. The molecule has 1 N–H and O–H groups in total. The number of carbonyl (C=O) groups is 1. The molecule has 0 amide bonds. The Kier molecular flexibility index (Phi) is 9.10. The van der Waals surface area contributed by atoms with E-state index in [1.54, 1.807) is 0 Å². The molecule has 2 atom stereocenters. The lowest BCUT2D eigenvalue weighted by molar-refractivity contribution is -0.137. The molecule has 0 aromatic heterocycles. The van der Waals surface area contributed by atoms with E-state index in [2.05, 4.69) is 31.2 Å². The minimum atomic E-state index is -0.681. The molecule has 2 nitrogen and oxygen atoms in total. The van der Waals surface area contributed by atoms with E-state index in [1.165, 1.54) is 38.5 Å². The van der Waals surface area contributed by atoms with Gasteiger partial charge in [-0.1, -0.05) is 56.9 Å². The monoisotopic (exact) mass is 278 g/mol. The fourth-order valence-corrected chi connectivity index (χ4v) is 2.88. The average molecular weight is 278 g/mol. The van der Waals surface area contributed by atoms with Crippen LogP contribution in [-0.4, -0.2) is 11.1 Å². The van der Waals surface area contributed by atoms with Crippen molar-refractivity contribution in [1.82, 2.24) is 0 Å². The zero-order chi connectivity index (χ0) is 14.6. The number of allylic oxidation sites excluding steroid dienone is 4. The van der Waals surface area contributed by atoms with E-state index in [-0.39, 0.29) is 0 Å². The molecule has 1 aliphatic rings. The summed E-state index contributed by atoms with van der Waals surface area (Å²) in [6.45, 7) is 2.26. The maximum Gasteiger partial charge on any atom is 0.303 e. The Balaban J connectivity index is 2.13. The van der Waals surface area contributed by atoms with Crippen molar-refractivity contribution in [2.45, 2.75) is 71.1 Å². The first-order valence-electron chi connectivity index (χ1n) is 8.29. The lowest BCUT2D eigenvalue weighted by Crippen LogP contribution is -2.05. The number of rotatable bonds is 11. The summed E-state index contributed by atoms with van der Waals surface area (Å²) in [6.07, 6.45) is 20.4. The predicted octanol–water partition coefficient (Wildman–Crippen LogP) is 5.35. The van der Waals surface area contributed by atoms with Crippen molar-refractivity contribution in [3.05, 3.63) is 24.3 Å². The summed E-state index contributed by atoms with van der Waals surface area (Å²) < 4.78 is 0. The maximum atomic E-state index is 10.4. The maximum absolute atomic E-state index is 10.4. The quantitative estimate of drug-likeness (QED) is 0.408. The van der Waals surface area contributed by atoms with E-state index in [0.717, 1.165) is 25.2 Å². The molecule has 0 heterocycles. The summed E-state index contributed by atoms with van der Waals surface area (Å²) in [4.78, 5) is 10.4. The number of hydrogen-bond donors (Lipinski definition) is 1. The van der Waals surface area contributed by atoms with Crippen LogP contribution in [-0.2, 0) is 4.79 Å². The summed E-state index contributed by atoms with van der Waals surface area (Å²) in [7, 11) is 0. The fourth-order valence-electron chi connectivity index (χ4n) is 2.88. The van der Waals surface area contributed by atoms with Gasteiger partial charge in [-0.05, 0) is 43.9 Å². The fraction of sp³-hybridized carbons (Fsp3) is 0.722. The van der Waals surface area contributed by atoms with Crippen LogP contribution in [0.3, 0.4) is 0 Å². The van der Waals surface area contributed by atoms with Crippen LogP contribution in [0.15, 0.2) is 24.3 Å². The summed E-state index contributed by atoms with van der Waals surface area (Å²) >= 11 is 0. The molecule has 114 valence electrons. The smallest absolute Gasteiger partial charge is 0.303 e. The lowest BCUT2D eigenvalue weighted by atomic mass is 9.89. The van der Waals surface area contributed by atoms with Gasteiger partial charge in [0.15, 0.2) is 0 Å². The highest BCUT2D eigenvalue weighted by molar-refractivity contribution is 5.66. The van der Waals surface area contributed by atoms with E-state index < -0.39 is 5.97 Å². The zero-order valence-corrected chi connectivity index (χ0v) is 12.9. The SMILES string of the molecule is CCCCCCC1CC=CC1C=CCCCCC(=O)O. The Morgan fingerprint density at radius 3 is 2.85 bits per heavy atom. The molecular weight excluding hydrogens is 248 g/mol. The second kappa shape index (κ2) is 10.7. The van der Waals surface area contributed by atoms with Crippen molar-refractivity contribution in [1.29, 1.82) is 0 Å². The summed E-state index contributed by atoms with van der Waals surface area (Å²) in [6, 6.07) is 0. The predicted molar refractivity (Wildman–Crippen MR) is 84.7 cm³/mol. The average Bonchev–Trinajstić information content (AvgIpc) is 2.86. The van der Waals surface area contributed by atoms with Crippen LogP contribution in [0.25, 0.3) is 0 Å². The molecule has 0 radical (unpaired) electrons. The molecule has 0 fully saturated rings. The number of carboxylic acid groups (broad SMARTS) is 1. The van der Waals surface area contributed by atoms with Crippen molar-refractivity contribution in [2.75, 3.05) is 0 Å². The normalized spacial score (nSPS) is 21.9. The summed E-state index contributed by atoms with van der Waals surface area (Å²) in [5.41, 5.74) is 0. The highest BCUT2D eigenvalue weighted by Gasteiger charge is 2.19. The Morgan fingerprint density at radius 2 is 2.10 bits per heavy atom. The van der Waals surface area contributed by atoms with Crippen molar-refractivity contribution in [3.63, 3.8) is 0 Å². The van der Waals surface area contributed by atoms with Crippen molar-refractivity contribution in [3.8, 4) is 0 Å². The van der Waals surface area contributed by atoms with E-state index in [0.29, 0.717) is 12.3 Å². The zero-order valence-electron chi connectivity index (χ0n) is 12.9. The molecule has 2 unspecified atom stereocenters. The molecule has 0 bridgehead atoms. The molecule has 20 heavy (non-hydrogen) atoms. The van der Waals surface area contributed by atoms with Crippen molar-refractivity contribution < 1.29 is 9.90 Å². The third kappa shape index (κ3) is 7.52. The third-order valence-corrected chi connectivity index (χ3v) is 4.14. The van der Waals surface area contributed by atoms with Gasteiger partial charge in [-0.2, -0.15) is 0 Å². The van der Waals surface area contributed by atoms with E-state index in [4.69, 9.17) is 5.11 Å². The Labute approximate surface area is 124 Å². The number of hydrogen-bond acceptors (Lipinski definition) is 1. The van der Waals surface area contributed by atoms with Gasteiger partial charge in [0.1, 0.15) is 0 Å². The molecule has 0 spiro atoms. The molecule has 0 saturated heterocycles. The van der Waals surface area contributed by atoms with Crippen LogP contribution in [0.2, 0.25) is 0 Å². The minimum absolute atomic E-state index is 0.303. The Bertz CT molecular complexity index is 317. The first-order chi connectivity index (χ1) is 9.74. The molecule has 0 aromatic carbocycles. The highest BCUT2D eigenvalue weighted by atomic mass is 16.4. The first kappa shape index (κ1) is 17.0. The van der Waals surface area contributed by atoms with Crippen molar-refractivity contribution in [2.24, 2.45) is 11.8 Å². The van der Waals surface area contributed by atoms with Gasteiger partial charge in [0.2, 0.25) is 0 Å². The van der Waals surface area contributed by atoms with Gasteiger partial charge >= 0.3 is 5.97 Å². The highest BCUT2D eigenvalue weighted by Crippen LogP contribution is 2.31. The van der Waals surface area contributed by atoms with E-state index in [1.807, 2.05) is 0 Å². The van der Waals surface area contributed by atoms with Crippen LogP contribution in [0, 0.1) is 11.8 Å². The van der Waals surface area contributed by atoms with Gasteiger partial charge in [-0.25, -0.2) is 0 Å². The molecule has 0 saturated carbocycles. The van der Waals surface area contributed by atoms with Gasteiger partial charge in [0.25, 0.3) is 0 Å². The number of aliphatic carboxylic acids is 1. The molecule has 1 aliphatic carbocycles. The van der Waals surface area contributed by atoms with Crippen LogP contribution in [0.4, 0.5) is 0 Å². The molecular formula is C18H30O2. The van der Waals surface area contributed by atoms with Gasteiger partial charge in [0.05, 0.1) is 0 Å². The molecule has 2 heteroatoms.